The van der Waals surface area contributed by atoms with Gasteiger partial charge in [0.15, 0.2) is 9.84 Å². The monoisotopic (exact) mass is 448 g/mol. The topological polar surface area (TPSA) is 76.1 Å². The minimum Gasteiger partial charge on any atom is -0.348 e. The van der Waals surface area contributed by atoms with Gasteiger partial charge in [-0.05, 0) is 47.4 Å². The number of benzene rings is 2. The molecule has 0 fully saturated rings. The summed E-state index contributed by atoms with van der Waals surface area (Å²) in [4.78, 5) is 16.2. The first kappa shape index (κ1) is 22.5. The standard InChI is InChI=1S/C22H19F3N2O3S/c1-14-18(21(28)27-13-15-8-9-20(26-12-15)22(23,24)25)10-17(11-19(14)31(2,29)30)16-6-4-3-5-7-16/h3-12H,13H2,1-2H3,(H,27,28). The first-order valence-corrected chi connectivity index (χ1v) is 11.1. The zero-order valence-corrected chi connectivity index (χ0v) is 17.5. The molecule has 1 aromatic heterocycles. The van der Waals surface area contributed by atoms with Crippen molar-refractivity contribution in [2.45, 2.75) is 24.5 Å². The highest BCUT2D eigenvalue weighted by atomic mass is 32.2. The van der Waals surface area contributed by atoms with Crippen LogP contribution >= 0.6 is 0 Å². The Balaban J connectivity index is 1.91. The fraction of sp³-hybridized carbons (Fsp3) is 0.182. The number of amides is 1. The highest BCUT2D eigenvalue weighted by molar-refractivity contribution is 7.90. The van der Waals surface area contributed by atoms with E-state index in [1.165, 1.54) is 12.1 Å². The largest absolute Gasteiger partial charge is 0.433 e. The normalized spacial score (nSPS) is 11.9. The molecule has 0 bridgehead atoms. The van der Waals surface area contributed by atoms with E-state index >= 15 is 0 Å². The zero-order valence-electron chi connectivity index (χ0n) is 16.7. The third-order valence-electron chi connectivity index (χ3n) is 4.68. The van der Waals surface area contributed by atoms with E-state index in [1.54, 1.807) is 37.3 Å². The lowest BCUT2D eigenvalue weighted by Crippen LogP contribution is -2.24. The lowest BCUT2D eigenvalue weighted by molar-refractivity contribution is -0.141. The van der Waals surface area contributed by atoms with Crippen molar-refractivity contribution < 1.29 is 26.4 Å². The number of hydrogen-bond donors (Lipinski definition) is 1. The molecule has 2 aromatic carbocycles. The second kappa shape index (κ2) is 8.50. The summed E-state index contributed by atoms with van der Waals surface area (Å²) in [7, 11) is -3.60. The SMILES string of the molecule is Cc1c(C(=O)NCc2ccc(C(F)(F)F)nc2)cc(-c2ccccc2)cc1S(C)(=O)=O. The Morgan fingerprint density at radius 3 is 2.26 bits per heavy atom. The fourth-order valence-electron chi connectivity index (χ4n) is 3.08. The number of alkyl halides is 3. The number of hydrogen-bond acceptors (Lipinski definition) is 4. The Kier molecular flexibility index (Phi) is 6.17. The van der Waals surface area contributed by atoms with Crippen molar-refractivity contribution in [2.75, 3.05) is 6.26 Å². The van der Waals surface area contributed by atoms with Gasteiger partial charge in [-0.3, -0.25) is 9.78 Å². The molecule has 5 nitrogen and oxygen atoms in total. The molecular weight excluding hydrogens is 429 g/mol. The number of carbonyl (C=O) groups is 1. The lowest BCUT2D eigenvalue weighted by atomic mass is 9.99. The van der Waals surface area contributed by atoms with Crippen molar-refractivity contribution in [2.24, 2.45) is 0 Å². The zero-order chi connectivity index (χ0) is 22.8. The minimum absolute atomic E-state index is 0.0372. The average Bonchev–Trinajstić information content (AvgIpc) is 2.71. The summed E-state index contributed by atoms with van der Waals surface area (Å²) >= 11 is 0. The van der Waals surface area contributed by atoms with Crippen LogP contribution in [0.5, 0.6) is 0 Å². The summed E-state index contributed by atoms with van der Waals surface area (Å²) in [5, 5.41) is 2.62. The van der Waals surface area contributed by atoms with Crippen LogP contribution in [0.25, 0.3) is 11.1 Å². The van der Waals surface area contributed by atoms with Crippen LogP contribution in [-0.4, -0.2) is 25.6 Å². The van der Waals surface area contributed by atoms with Crippen LogP contribution in [0.4, 0.5) is 13.2 Å². The maximum atomic E-state index is 12.8. The molecule has 1 heterocycles. The minimum atomic E-state index is -4.54. The van der Waals surface area contributed by atoms with Crippen LogP contribution in [0, 0.1) is 6.92 Å². The number of carbonyl (C=O) groups excluding carboxylic acids is 1. The molecule has 0 aliphatic heterocycles. The molecule has 0 aliphatic carbocycles. The van der Waals surface area contributed by atoms with Gasteiger partial charge in [0, 0.05) is 24.6 Å². The molecule has 1 amide bonds. The Hall–Kier alpha value is -3.20. The molecule has 31 heavy (non-hydrogen) atoms. The van der Waals surface area contributed by atoms with Crippen LogP contribution in [0.15, 0.2) is 65.7 Å². The highest BCUT2D eigenvalue weighted by Gasteiger charge is 2.32. The van der Waals surface area contributed by atoms with Crippen LogP contribution in [-0.2, 0) is 22.6 Å². The first-order chi connectivity index (χ1) is 14.5. The number of aromatic nitrogens is 1. The van der Waals surface area contributed by atoms with Gasteiger partial charge in [0.1, 0.15) is 5.69 Å². The van der Waals surface area contributed by atoms with Crippen molar-refractivity contribution in [3.05, 3.63) is 83.2 Å². The van der Waals surface area contributed by atoms with E-state index in [0.29, 0.717) is 16.7 Å². The molecule has 3 rings (SSSR count). The summed E-state index contributed by atoms with van der Waals surface area (Å²) in [5.41, 5.74) is 1.13. The van der Waals surface area contributed by atoms with E-state index in [-0.39, 0.29) is 17.0 Å². The summed E-state index contributed by atoms with van der Waals surface area (Å²) in [5.74, 6) is -0.542. The highest BCUT2D eigenvalue weighted by Crippen LogP contribution is 2.29. The number of halogens is 3. The van der Waals surface area contributed by atoms with E-state index in [0.717, 1.165) is 24.1 Å². The van der Waals surface area contributed by atoms with E-state index in [1.807, 2.05) is 6.07 Å². The van der Waals surface area contributed by atoms with E-state index in [9.17, 15) is 26.4 Å². The summed E-state index contributed by atoms with van der Waals surface area (Å²) in [6.07, 6.45) is -2.43. The van der Waals surface area contributed by atoms with E-state index < -0.39 is 27.6 Å². The van der Waals surface area contributed by atoms with Gasteiger partial charge >= 0.3 is 6.18 Å². The van der Waals surface area contributed by atoms with Crippen molar-refractivity contribution in [1.82, 2.24) is 10.3 Å². The second-order valence-corrected chi connectivity index (χ2v) is 9.00. The van der Waals surface area contributed by atoms with Crippen LogP contribution in [0.1, 0.15) is 27.2 Å². The molecule has 0 aliphatic rings. The second-order valence-electron chi connectivity index (χ2n) is 7.02. The van der Waals surface area contributed by atoms with Gasteiger partial charge in [0.05, 0.1) is 4.90 Å². The quantitative estimate of drug-likeness (QED) is 0.627. The number of rotatable bonds is 5. The van der Waals surface area contributed by atoms with Crippen molar-refractivity contribution in [1.29, 1.82) is 0 Å². The Bertz CT molecular complexity index is 1210. The van der Waals surface area contributed by atoms with Gasteiger partial charge in [-0.1, -0.05) is 36.4 Å². The molecule has 0 saturated carbocycles. The van der Waals surface area contributed by atoms with Gasteiger partial charge in [-0.25, -0.2) is 8.42 Å². The Morgan fingerprint density at radius 1 is 1.03 bits per heavy atom. The molecule has 9 heteroatoms. The predicted octanol–water partition coefficient (Wildman–Crippen LogP) is 4.41. The van der Waals surface area contributed by atoms with Gasteiger partial charge in [-0.2, -0.15) is 13.2 Å². The molecule has 0 radical (unpaired) electrons. The van der Waals surface area contributed by atoms with Crippen LogP contribution in [0.3, 0.4) is 0 Å². The molecule has 0 spiro atoms. The van der Waals surface area contributed by atoms with Gasteiger partial charge in [-0.15, -0.1) is 0 Å². The molecule has 0 unspecified atom stereocenters. The van der Waals surface area contributed by atoms with Crippen molar-refractivity contribution in [3.63, 3.8) is 0 Å². The fourth-order valence-corrected chi connectivity index (χ4v) is 4.09. The van der Waals surface area contributed by atoms with Gasteiger partial charge in [0.2, 0.25) is 0 Å². The third-order valence-corrected chi connectivity index (χ3v) is 5.90. The van der Waals surface area contributed by atoms with E-state index in [2.05, 4.69) is 10.3 Å². The third kappa shape index (κ3) is 5.29. The Labute approximate surface area is 177 Å². The van der Waals surface area contributed by atoms with E-state index in [4.69, 9.17) is 0 Å². The number of nitrogens with zero attached hydrogens (tertiary/aromatic N) is 1. The number of sulfone groups is 1. The number of pyridine rings is 1. The maximum absolute atomic E-state index is 12.8. The first-order valence-electron chi connectivity index (χ1n) is 9.17. The summed E-state index contributed by atoms with van der Waals surface area (Å²) in [6.45, 7) is 1.48. The van der Waals surface area contributed by atoms with Crippen LogP contribution < -0.4 is 5.32 Å². The van der Waals surface area contributed by atoms with Gasteiger partial charge < -0.3 is 5.32 Å². The van der Waals surface area contributed by atoms with Crippen molar-refractivity contribution >= 4 is 15.7 Å². The summed E-state index contributed by atoms with van der Waals surface area (Å²) < 4.78 is 62.4. The van der Waals surface area contributed by atoms with Crippen molar-refractivity contribution in [3.8, 4) is 11.1 Å². The molecular formula is C22H19F3N2O3S. The lowest BCUT2D eigenvalue weighted by Gasteiger charge is -2.14. The average molecular weight is 448 g/mol. The molecule has 0 saturated heterocycles. The predicted molar refractivity (Wildman–Crippen MR) is 110 cm³/mol. The Morgan fingerprint density at radius 2 is 1.71 bits per heavy atom. The van der Waals surface area contributed by atoms with Gasteiger partial charge in [0.25, 0.3) is 5.91 Å². The van der Waals surface area contributed by atoms with Crippen LogP contribution in [0.2, 0.25) is 0 Å². The number of nitrogens with one attached hydrogen (secondary N) is 1. The smallest absolute Gasteiger partial charge is 0.348 e. The molecule has 0 atom stereocenters. The molecule has 1 N–H and O–H groups in total. The summed E-state index contributed by atoms with van der Waals surface area (Å²) in [6, 6.07) is 14.2. The molecule has 3 aromatic rings. The molecule has 162 valence electrons. The maximum Gasteiger partial charge on any atom is 0.433 e.